The molecule has 1 aliphatic rings. The summed E-state index contributed by atoms with van der Waals surface area (Å²) in [5, 5.41) is 2.93. The summed E-state index contributed by atoms with van der Waals surface area (Å²) in [5.41, 5.74) is 12.5. The van der Waals surface area contributed by atoms with Crippen LogP contribution in [0.3, 0.4) is 0 Å². The highest BCUT2D eigenvalue weighted by Gasteiger charge is 2.13. The molecule has 1 aliphatic heterocycles. The van der Waals surface area contributed by atoms with Crippen LogP contribution in [0, 0.1) is 5.92 Å². The van der Waals surface area contributed by atoms with E-state index in [4.69, 9.17) is 4.74 Å². The molecule has 0 fully saturated rings. The van der Waals surface area contributed by atoms with Crippen LogP contribution in [-0.4, -0.2) is 17.5 Å². The Morgan fingerprint density at radius 3 is 2.70 bits per heavy atom. The lowest BCUT2D eigenvalue weighted by Gasteiger charge is -2.10. The van der Waals surface area contributed by atoms with E-state index in [1.165, 1.54) is 0 Å². The Kier molecular flexibility index (Phi) is 5.81. The summed E-state index contributed by atoms with van der Waals surface area (Å²) >= 11 is 0. The molecule has 30 heavy (non-hydrogen) atoms. The van der Waals surface area contributed by atoms with Crippen LogP contribution >= 0.6 is 0 Å². The highest BCUT2D eigenvalue weighted by Crippen LogP contribution is 2.27. The van der Waals surface area contributed by atoms with E-state index >= 15 is 0 Å². The van der Waals surface area contributed by atoms with Crippen LogP contribution in [0.2, 0.25) is 0 Å². The number of carbonyl (C=O) groups is 1. The zero-order valence-electron chi connectivity index (χ0n) is 17.0. The number of hydrogen-bond donors (Lipinski definition) is 4. The molecule has 1 aromatic heterocycles. The molecular formula is C23H25N5O2. The normalized spacial score (nSPS) is 12.1. The van der Waals surface area contributed by atoms with E-state index < -0.39 is 0 Å². The maximum atomic E-state index is 12.7. The summed E-state index contributed by atoms with van der Waals surface area (Å²) in [6, 6.07) is 18.7. The second-order valence-electron chi connectivity index (χ2n) is 7.56. The Bertz CT molecular complexity index is 1030. The lowest BCUT2D eigenvalue weighted by Crippen LogP contribution is -2.19. The van der Waals surface area contributed by atoms with E-state index in [2.05, 4.69) is 40.5 Å². The number of hydrogen-bond acceptors (Lipinski definition) is 6. The molecule has 154 valence electrons. The lowest BCUT2D eigenvalue weighted by molar-refractivity contribution is 0.102. The van der Waals surface area contributed by atoms with Gasteiger partial charge in [0.2, 0.25) is 0 Å². The minimum Gasteiger partial charge on any atom is -0.494 e. The van der Waals surface area contributed by atoms with Gasteiger partial charge in [-0.2, -0.15) is 0 Å². The van der Waals surface area contributed by atoms with Gasteiger partial charge in [-0.1, -0.05) is 26.0 Å². The van der Waals surface area contributed by atoms with Crippen molar-refractivity contribution >= 4 is 23.1 Å². The third-order valence-electron chi connectivity index (χ3n) is 4.77. The zero-order valence-corrected chi connectivity index (χ0v) is 17.0. The van der Waals surface area contributed by atoms with E-state index in [1.54, 1.807) is 6.07 Å². The molecule has 0 saturated heterocycles. The maximum Gasteiger partial charge on any atom is 0.255 e. The number of hydrazine groups is 2. The highest BCUT2D eigenvalue weighted by atomic mass is 16.5. The van der Waals surface area contributed by atoms with Crippen molar-refractivity contribution < 1.29 is 9.53 Å². The second-order valence-corrected chi connectivity index (χ2v) is 7.56. The standard InChI is InChI=1S/C23H25N5O2/c1-15(2)12-13-30-19-8-6-18(7-9-19)24-23(29)17-5-3-4-16(14-17)20-10-11-21-22(25-20)27-28-26-21/h3-11,14-15,26,28H,12-13H2,1-2H3,(H,24,29)(H,25,27). The molecule has 0 aliphatic carbocycles. The van der Waals surface area contributed by atoms with Gasteiger partial charge in [0, 0.05) is 16.8 Å². The van der Waals surface area contributed by atoms with Crippen LogP contribution in [0.1, 0.15) is 30.6 Å². The number of ether oxygens (including phenoxy) is 1. The fraction of sp³-hybridized carbons (Fsp3) is 0.217. The summed E-state index contributed by atoms with van der Waals surface area (Å²) in [5.74, 6) is 1.96. The number of fused-ring (bicyclic) bond motifs is 1. The molecule has 2 heterocycles. The van der Waals surface area contributed by atoms with Gasteiger partial charge in [-0.05, 0) is 60.9 Å². The Labute approximate surface area is 175 Å². The van der Waals surface area contributed by atoms with Crippen LogP contribution in [0.15, 0.2) is 60.7 Å². The molecule has 3 aromatic rings. The zero-order chi connectivity index (χ0) is 20.9. The molecule has 7 nitrogen and oxygen atoms in total. The summed E-state index contributed by atoms with van der Waals surface area (Å²) in [6.07, 6.45) is 1.01. The molecule has 4 N–H and O–H groups in total. The third-order valence-corrected chi connectivity index (χ3v) is 4.77. The SMILES string of the molecule is CC(C)CCOc1ccc(NC(=O)c2cccc(-c3ccc4c(n3)NNN4)c2)cc1. The summed E-state index contributed by atoms with van der Waals surface area (Å²) in [7, 11) is 0. The van der Waals surface area contributed by atoms with Gasteiger partial charge < -0.3 is 15.5 Å². The lowest BCUT2D eigenvalue weighted by atomic mass is 10.1. The third kappa shape index (κ3) is 4.69. The first-order valence-electron chi connectivity index (χ1n) is 10.0. The van der Waals surface area contributed by atoms with Crippen molar-refractivity contribution in [2.75, 3.05) is 22.8 Å². The van der Waals surface area contributed by atoms with E-state index in [9.17, 15) is 4.79 Å². The molecule has 0 radical (unpaired) electrons. The van der Waals surface area contributed by atoms with Gasteiger partial charge in [0.1, 0.15) is 5.75 Å². The van der Waals surface area contributed by atoms with Crippen molar-refractivity contribution in [3.8, 4) is 17.0 Å². The Morgan fingerprint density at radius 2 is 1.90 bits per heavy atom. The first kappa shape index (κ1) is 19.7. The fourth-order valence-electron chi connectivity index (χ4n) is 3.04. The monoisotopic (exact) mass is 403 g/mol. The fourth-order valence-corrected chi connectivity index (χ4v) is 3.04. The number of benzene rings is 2. The Hall–Kier alpha value is -3.58. The van der Waals surface area contributed by atoms with Crippen LogP contribution in [-0.2, 0) is 0 Å². The van der Waals surface area contributed by atoms with E-state index in [0.29, 0.717) is 18.1 Å². The minimum atomic E-state index is -0.173. The van der Waals surface area contributed by atoms with E-state index in [1.807, 2.05) is 54.6 Å². The number of pyridine rings is 1. The largest absolute Gasteiger partial charge is 0.494 e. The maximum absolute atomic E-state index is 12.7. The second kappa shape index (κ2) is 8.84. The quantitative estimate of drug-likeness (QED) is 0.458. The first-order chi connectivity index (χ1) is 14.6. The number of rotatable bonds is 7. The molecule has 1 amide bonds. The topological polar surface area (TPSA) is 87.3 Å². The summed E-state index contributed by atoms with van der Waals surface area (Å²) in [4.78, 5) is 17.3. The van der Waals surface area contributed by atoms with Crippen LogP contribution < -0.4 is 26.4 Å². The molecule has 0 atom stereocenters. The van der Waals surface area contributed by atoms with Crippen molar-refractivity contribution in [3.63, 3.8) is 0 Å². The van der Waals surface area contributed by atoms with Gasteiger partial charge in [0.05, 0.1) is 18.0 Å². The average molecular weight is 403 g/mol. The van der Waals surface area contributed by atoms with Gasteiger partial charge in [0.25, 0.3) is 5.91 Å². The van der Waals surface area contributed by atoms with Crippen molar-refractivity contribution in [3.05, 3.63) is 66.2 Å². The average Bonchev–Trinajstić information content (AvgIpc) is 3.23. The number of aromatic nitrogens is 1. The molecule has 7 heteroatoms. The predicted octanol–water partition coefficient (Wildman–Crippen LogP) is 4.68. The van der Waals surface area contributed by atoms with Crippen molar-refractivity contribution in [2.45, 2.75) is 20.3 Å². The Balaban J connectivity index is 1.42. The Morgan fingerprint density at radius 1 is 1.07 bits per heavy atom. The smallest absolute Gasteiger partial charge is 0.255 e. The van der Waals surface area contributed by atoms with Crippen LogP contribution in [0.25, 0.3) is 11.3 Å². The number of carbonyl (C=O) groups excluding carboxylic acids is 1. The summed E-state index contributed by atoms with van der Waals surface area (Å²) in [6.45, 7) is 5.03. The van der Waals surface area contributed by atoms with Gasteiger partial charge in [-0.15, -0.1) is 5.53 Å². The van der Waals surface area contributed by atoms with Gasteiger partial charge in [0.15, 0.2) is 5.82 Å². The van der Waals surface area contributed by atoms with Crippen molar-refractivity contribution in [1.82, 2.24) is 10.5 Å². The van der Waals surface area contributed by atoms with E-state index in [-0.39, 0.29) is 5.91 Å². The molecule has 0 spiro atoms. The number of amides is 1. The van der Waals surface area contributed by atoms with Gasteiger partial charge >= 0.3 is 0 Å². The molecule has 0 unspecified atom stereocenters. The number of nitrogens with one attached hydrogen (secondary N) is 4. The molecule has 0 bridgehead atoms. The predicted molar refractivity (Wildman–Crippen MR) is 119 cm³/mol. The minimum absolute atomic E-state index is 0.173. The van der Waals surface area contributed by atoms with Crippen molar-refractivity contribution in [1.29, 1.82) is 0 Å². The number of nitrogens with zero attached hydrogens (tertiary/aromatic N) is 1. The van der Waals surface area contributed by atoms with Crippen LogP contribution in [0.4, 0.5) is 17.2 Å². The molecule has 0 saturated carbocycles. The van der Waals surface area contributed by atoms with Gasteiger partial charge in [-0.3, -0.25) is 10.2 Å². The van der Waals surface area contributed by atoms with E-state index in [0.717, 1.165) is 40.6 Å². The molecular weight excluding hydrogens is 378 g/mol. The highest BCUT2D eigenvalue weighted by molar-refractivity contribution is 6.05. The number of anilines is 3. The van der Waals surface area contributed by atoms with Crippen LogP contribution in [0.5, 0.6) is 5.75 Å². The first-order valence-corrected chi connectivity index (χ1v) is 10.0. The van der Waals surface area contributed by atoms with Gasteiger partial charge in [-0.25, -0.2) is 4.98 Å². The summed E-state index contributed by atoms with van der Waals surface area (Å²) < 4.78 is 5.72. The van der Waals surface area contributed by atoms with Crippen molar-refractivity contribution in [2.24, 2.45) is 5.92 Å². The molecule has 2 aromatic carbocycles. The molecule has 4 rings (SSSR count).